The maximum atomic E-state index is 12.5. The Kier molecular flexibility index (Phi) is 3.82. The van der Waals surface area contributed by atoms with Gasteiger partial charge in [0, 0.05) is 25.9 Å². The fraction of sp³-hybridized carbons (Fsp3) is 0.900. The average Bonchev–Trinajstić information content (AvgIpc) is 2.49. The van der Waals surface area contributed by atoms with Gasteiger partial charge in [-0.3, -0.25) is 0 Å². The van der Waals surface area contributed by atoms with Crippen LogP contribution in [0.2, 0.25) is 0 Å². The molecule has 0 aliphatic carbocycles. The van der Waals surface area contributed by atoms with Crippen molar-refractivity contribution in [2.75, 3.05) is 19.6 Å². The summed E-state index contributed by atoms with van der Waals surface area (Å²) in [5.41, 5.74) is 0. The van der Waals surface area contributed by atoms with E-state index in [9.17, 15) is 8.78 Å². The van der Waals surface area contributed by atoms with Gasteiger partial charge in [0.2, 0.25) is 5.92 Å². The summed E-state index contributed by atoms with van der Waals surface area (Å²) < 4.78 is 25.1. The molecule has 4 heteroatoms. The molecule has 1 aliphatic heterocycles. The Hall–Kier alpha value is -0.690. The molecule has 80 valence electrons. The van der Waals surface area contributed by atoms with Crippen LogP contribution in [0.25, 0.3) is 0 Å². The van der Waals surface area contributed by atoms with Gasteiger partial charge in [-0.05, 0) is 25.8 Å². The summed E-state index contributed by atoms with van der Waals surface area (Å²) in [7, 11) is 0. The first-order chi connectivity index (χ1) is 6.51. The van der Waals surface area contributed by atoms with E-state index < -0.39 is 5.92 Å². The van der Waals surface area contributed by atoms with E-state index in [1.165, 1.54) is 0 Å². The molecule has 1 rings (SSSR count). The Morgan fingerprint density at radius 1 is 1.57 bits per heavy atom. The second-order valence-corrected chi connectivity index (χ2v) is 4.14. The molecular formula is C10H16F2N2. The van der Waals surface area contributed by atoms with Crippen molar-refractivity contribution in [1.82, 2.24) is 4.90 Å². The molecule has 0 spiro atoms. The number of hydrogen-bond acceptors (Lipinski definition) is 2. The Balaban J connectivity index is 2.20. The van der Waals surface area contributed by atoms with Crippen molar-refractivity contribution in [2.24, 2.45) is 5.92 Å². The smallest absolute Gasteiger partial charge is 0.246 e. The van der Waals surface area contributed by atoms with Crippen LogP contribution in [0.15, 0.2) is 0 Å². The number of rotatable bonds is 4. The molecule has 1 atom stereocenters. The predicted octanol–water partition coefficient (Wildman–Crippen LogP) is 2.27. The fourth-order valence-corrected chi connectivity index (χ4v) is 1.77. The van der Waals surface area contributed by atoms with Crippen molar-refractivity contribution >= 4 is 0 Å². The van der Waals surface area contributed by atoms with Gasteiger partial charge >= 0.3 is 0 Å². The minimum Gasteiger partial charge on any atom is -0.303 e. The highest BCUT2D eigenvalue weighted by Gasteiger charge is 2.26. The van der Waals surface area contributed by atoms with Crippen LogP contribution in [0.5, 0.6) is 0 Å². The van der Waals surface area contributed by atoms with Crippen molar-refractivity contribution in [3.8, 4) is 6.07 Å². The second kappa shape index (κ2) is 4.70. The highest BCUT2D eigenvalue weighted by molar-refractivity contribution is 4.83. The number of nitriles is 1. The van der Waals surface area contributed by atoms with Gasteiger partial charge in [-0.1, -0.05) is 0 Å². The highest BCUT2D eigenvalue weighted by Crippen LogP contribution is 2.22. The zero-order valence-electron chi connectivity index (χ0n) is 8.47. The summed E-state index contributed by atoms with van der Waals surface area (Å²) in [6.45, 7) is 3.08. The molecule has 1 heterocycles. The lowest BCUT2D eigenvalue weighted by Gasteiger charge is -2.18. The van der Waals surface area contributed by atoms with Crippen LogP contribution in [-0.4, -0.2) is 30.5 Å². The molecule has 0 bridgehead atoms. The third kappa shape index (κ3) is 4.01. The molecule has 1 aliphatic rings. The van der Waals surface area contributed by atoms with Crippen LogP contribution in [0, 0.1) is 17.2 Å². The summed E-state index contributed by atoms with van der Waals surface area (Å²) in [5.74, 6) is -2.17. The molecule has 0 amide bonds. The van der Waals surface area contributed by atoms with E-state index in [1.807, 2.05) is 4.90 Å². The first-order valence-electron chi connectivity index (χ1n) is 4.98. The van der Waals surface area contributed by atoms with Gasteiger partial charge in [0.1, 0.15) is 0 Å². The molecule has 0 radical (unpaired) electrons. The summed E-state index contributed by atoms with van der Waals surface area (Å²) >= 11 is 0. The highest BCUT2D eigenvalue weighted by atomic mass is 19.3. The lowest BCUT2D eigenvalue weighted by Crippen LogP contribution is -2.26. The normalized spacial score (nSPS) is 23.7. The number of likely N-dealkylation sites (tertiary alicyclic amines) is 1. The number of halogens is 2. The minimum atomic E-state index is -2.56. The van der Waals surface area contributed by atoms with Gasteiger partial charge in [-0.15, -0.1) is 0 Å². The van der Waals surface area contributed by atoms with E-state index in [2.05, 4.69) is 6.07 Å². The van der Waals surface area contributed by atoms with Gasteiger partial charge in [0.25, 0.3) is 0 Å². The quantitative estimate of drug-likeness (QED) is 0.699. The molecule has 0 N–H and O–H groups in total. The van der Waals surface area contributed by atoms with Crippen LogP contribution in [0.3, 0.4) is 0 Å². The third-order valence-electron chi connectivity index (χ3n) is 2.62. The first kappa shape index (κ1) is 11.4. The van der Waals surface area contributed by atoms with Crippen molar-refractivity contribution in [3.05, 3.63) is 0 Å². The summed E-state index contributed by atoms with van der Waals surface area (Å²) in [4.78, 5) is 2.03. The van der Waals surface area contributed by atoms with Crippen LogP contribution < -0.4 is 0 Å². The lowest BCUT2D eigenvalue weighted by atomic mass is 10.1. The first-order valence-corrected chi connectivity index (χ1v) is 4.98. The number of alkyl halides is 2. The van der Waals surface area contributed by atoms with E-state index >= 15 is 0 Å². The molecule has 14 heavy (non-hydrogen) atoms. The van der Waals surface area contributed by atoms with E-state index in [4.69, 9.17) is 5.26 Å². The predicted molar refractivity (Wildman–Crippen MR) is 50.0 cm³/mol. The zero-order valence-corrected chi connectivity index (χ0v) is 8.47. The Morgan fingerprint density at radius 2 is 2.29 bits per heavy atom. The van der Waals surface area contributed by atoms with Crippen LogP contribution >= 0.6 is 0 Å². The van der Waals surface area contributed by atoms with E-state index in [0.29, 0.717) is 18.9 Å². The van der Waals surface area contributed by atoms with Gasteiger partial charge in [-0.2, -0.15) is 5.26 Å². The lowest BCUT2D eigenvalue weighted by molar-refractivity contribution is 0.00482. The van der Waals surface area contributed by atoms with E-state index in [-0.39, 0.29) is 6.42 Å². The topological polar surface area (TPSA) is 27.0 Å². The average molecular weight is 202 g/mol. The van der Waals surface area contributed by atoms with Crippen LogP contribution in [0.1, 0.15) is 26.2 Å². The van der Waals surface area contributed by atoms with Crippen LogP contribution in [-0.2, 0) is 0 Å². The van der Waals surface area contributed by atoms with Crippen molar-refractivity contribution < 1.29 is 8.78 Å². The standard InChI is InChI=1S/C10H16F2N2/c1-10(11,12)4-7-14-6-3-9(8-14)2-5-13/h9H,2-4,6-8H2,1H3. The molecule has 1 fully saturated rings. The van der Waals surface area contributed by atoms with E-state index in [0.717, 1.165) is 26.4 Å². The molecule has 0 aromatic rings. The third-order valence-corrected chi connectivity index (χ3v) is 2.62. The molecule has 0 aromatic carbocycles. The zero-order chi connectivity index (χ0) is 10.6. The van der Waals surface area contributed by atoms with E-state index in [1.54, 1.807) is 0 Å². The van der Waals surface area contributed by atoms with Crippen LogP contribution in [0.4, 0.5) is 8.78 Å². The molecule has 0 saturated carbocycles. The summed E-state index contributed by atoms with van der Waals surface area (Å²) in [5, 5.41) is 8.48. The maximum absolute atomic E-state index is 12.5. The van der Waals surface area contributed by atoms with Gasteiger partial charge < -0.3 is 4.90 Å². The molecule has 1 unspecified atom stereocenters. The van der Waals surface area contributed by atoms with Crippen molar-refractivity contribution in [3.63, 3.8) is 0 Å². The minimum absolute atomic E-state index is 0.0771. The van der Waals surface area contributed by atoms with Gasteiger partial charge in [0.15, 0.2) is 0 Å². The maximum Gasteiger partial charge on any atom is 0.246 e. The SMILES string of the molecule is CC(F)(F)CCN1CCC(CC#N)C1. The van der Waals surface area contributed by atoms with Gasteiger partial charge in [0.05, 0.1) is 6.07 Å². The fourth-order valence-electron chi connectivity index (χ4n) is 1.77. The Bertz CT molecular complexity index is 217. The second-order valence-electron chi connectivity index (χ2n) is 4.14. The largest absolute Gasteiger partial charge is 0.303 e. The summed E-state index contributed by atoms with van der Waals surface area (Å²) in [6, 6.07) is 2.13. The molecular weight excluding hydrogens is 186 g/mol. The monoisotopic (exact) mass is 202 g/mol. The van der Waals surface area contributed by atoms with Gasteiger partial charge in [-0.25, -0.2) is 8.78 Å². The number of nitrogens with zero attached hydrogens (tertiary/aromatic N) is 2. The molecule has 1 saturated heterocycles. The van der Waals surface area contributed by atoms with Crippen molar-refractivity contribution in [2.45, 2.75) is 32.1 Å². The van der Waals surface area contributed by atoms with Crippen molar-refractivity contribution in [1.29, 1.82) is 5.26 Å². The summed E-state index contributed by atoms with van der Waals surface area (Å²) in [6.07, 6.45) is 1.45. The Labute approximate surface area is 83.5 Å². The molecule has 2 nitrogen and oxygen atoms in total. The molecule has 0 aromatic heterocycles. The number of hydrogen-bond donors (Lipinski definition) is 0. The Morgan fingerprint density at radius 3 is 2.86 bits per heavy atom.